The van der Waals surface area contributed by atoms with Crippen LogP contribution in [0.3, 0.4) is 0 Å². The summed E-state index contributed by atoms with van der Waals surface area (Å²) in [5, 5.41) is 0.318. The number of ether oxygens (including phenoxy) is 1. The molecule has 0 atom stereocenters. The van der Waals surface area contributed by atoms with Gasteiger partial charge in [-0.1, -0.05) is 15.9 Å². The van der Waals surface area contributed by atoms with Gasteiger partial charge >= 0.3 is 5.97 Å². The molecule has 1 heterocycles. The molecule has 0 spiro atoms. The molecule has 0 saturated carbocycles. The lowest BCUT2D eigenvalue weighted by molar-refractivity contribution is 0.0518. The van der Waals surface area contributed by atoms with Crippen LogP contribution in [0.4, 0.5) is 0 Å². The number of alkyl halides is 1. The summed E-state index contributed by atoms with van der Waals surface area (Å²) >= 11 is 8.62. The highest BCUT2D eigenvalue weighted by Crippen LogP contribution is 2.18. The summed E-state index contributed by atoms with van der Waals surface area (Å²) in [6, 6.07) is 0. The molecule has 13 heavy (non-hydrogen) atoms. The van der Waals surface area contributed by atoms with E-state index in [1.54, 1.807) is 6.92 Å². The zero-order valence-corrected chi connectivity index (χ0v) is 9.18. The van der Waals surface area contributed by atoms with Crippen LogP contribution < -0.4 is 0 Å². The fraction of sp³-hybridized carbons (Fsp3) is 0.429. The Morgan fingerprint density at radius 2 is 2.46 bits per heavy atom. The summed E-state index contributed by atoms with van der Waals surface area (Å²) in [4.78, 5) is 14.9. The summed E-state index contributed by atoms with van der Waals surface area (Å²) in [6.45, 7) is 2.01. The summed E-state index contributed by atoms with van der Waals surface area (Å²) in [5.41, 5.74) is 0.128. The van der Waals surface area contributed by atoms with Gasteiger partial charge in [-0.2, -0.15) is 4.98 Å². The van der Waals surface area contributed by atoms with Crippen molar-refractivity contribution in [2.45, 2.75) is 12.3 Å². The van der Waals surface area contributed by atoms with E-state index in [0.29, 0.717) is 17.7 Å². The van der Waals surface area contributed by atoms with Crippen LogP contribution in [-0.2, 0) is 10.1 Å². The minimum Gasteiger partial charge on any atom is -0.461 e. The second-order valence-corrected chi connectivity index (χ2v) is 2.98. The maximum Gasteiger partial charge on any atom is 0.360 e. The van der Waals surface area contributed by atoms with Gasteiger partial charge in [0.2, 0.25) is 0 Å². The lowest BCUT2D eigenvalue weighted by Crippen LogP contribution is -2.07. The molecule has 0 saturated heterocycles. The number of aromatic nitrogens is 1. The van der Waals surface area contributed by atoms with Gasteiger partial charge in [-0.15, -0.1) is 0 Å². The van der Waals surface area contributed by atoms with E-state index in [0.717, 1.165) is 0 Å². The van der Waals surface area contributed by atoms with Crippen molar-refractivity contribution in [1.29, 1.82) is 0 Å². The number of hydrogen-bond acceptors (Lipinski definition) is 4. The maximum atomic E-state index is 11.2. The van der Waals surface area contributed by atoms with Crippen molar-refractivity contribution in [3.05, 3.63) is 16.8 Å². The molecule has 0 amide bonds. The molecule has 1 rings (SSSR count). The number of oxazole rings is 1. The summed E-state index contributed by atoms with van der Waals surface area (Å²) in [5.74, 6) is -0.143. The zero-order chi connectivity index (χ0) is 9.84. The first-order valence-electron chi connectivity index (χ1n) is 3.57. The van der Waals surface area contributed by atoms with Gasteiger partial charge < -0.3 is 9.15 Å². The molecular formula is C7H7BrClNO3. The first kappa shape index (κ1) is 10.5. The van der Waals surface area contributed by atoms with E-state index in [4.69, 9.17) is 20.8 Å². The molecule has 0 fully saturated rings. The molecule has 0 bridgehead atoms. The number of rotatable bonds is 3. The minimum atomic E-state index is -0.521. The topological polar surface area (TPSA) is 52.3 Å². The fourth-order valence-electron chi connectivity index (χ4n) is 0.773. The largest absolute Gasteiger partial charge is 0.461 e. The molecule has 0 aromatic carbocycles. The average Bonchev–Trinajstić information content (AvgIpc) is 2.47. The molecule has 1 aromatic rings. The molecule has 0 N–H and O–H groups in total. The first-order chi connectivity index (χ1) is 6.19. The van der Waals surface area contributed by atoms with Crippen molar-refractivity contribution in [1.82, 2.24) is 4.98 Å². The monoisotopic (exact) mass is 267 g/mol. The molecule has 6 heteroatoms. The highest BCUT2D eigenvalue weighted by molar-refractivity contribution is 9.08. The number of hydrogen-bond donors (Lipinski definition) is 0. The van der Waals surface area contributed by atoms with Crippen molar-refractivity contribution in [3.8, 4) is 0 Å². The van der Waals surface area contributed by atoms with E-state index >= 15 is 0 Å². The number of halogens is 2. The standard InChI is InChI=1S/C7H7BrClNO3/c1-2-12-6(11)5-4(3-8)13-7(9)10-5/h2-3H2,1H3. The smallest absolute Gasteiger partial charge is 0.360 e. The molecular weight excluding hydrogens is 261 g/mol. The van der Waals surface area contributed by atoms with Crippen LogP contribution in [0.5, 0.6) is 0 Å². The van der Waals surface area contributed by atoms with Crippen molar-refractivity contribution in [2.24, 2.45) is 0 Å². The van der Waals surface area contributed by atoms with Crippen molar-refractivity contribution < 1.29 is 13.9 Å². The van der Waals surface area contributed by atoms with Crippen LogP contribution in [0.15, 0.2) is 4.42 Å². The van der Waals surface area contributed by atoms with Crippen LogP contribution in [0.2, 0.25) is 5.35 Å². The van der Waals surface area contributed by atoms with Gasteiger partial charge in [-0.05, 0) is 18.5 Å². The molecule has 1 aromatic heterocycles. The van der Waals surface area contributed by atoms with Crippen LogP contribution in [0, 0.1) is 0 Å². The van der Waals surface area contributed by atoms with Crippen LogP contribution >= 0.6 is 27.5 Å². The Morgan fingerprint density at radius 3 is 3.00 bits per heavy atom. The molecule has 4 nitrogen and oxygen atoms in total. The number of carbonyl (C=O) groups is 1. The molecule has 0 unspecified atom stereocenters. The second-order valence-electron chi connectivity index (χ2n) is 2.09. The van der Waals surface area contributed by atoms with Gasteiger partial charge in [0.1, 0.15) is 0 Å². The van der Waals surface area contributed by atoms with Gasteiger partial charge in [0.15, 0.2) is 11.5 Å². The summed E-state index contributed by atoms with van der Waals surface area (Å²) < 4.78 is 9.68. The third-order valence-electron chi connectivity index (χ3n) is 1.26. The maximum absolute atomic E-state index is 11.2. The average molecular weight is 268 g/mol. The van der Waals surface area contributed by atoms with Gasteiger partial charge in [0, 0.05) is 0 Å². The van der Waals surface area contributed by atoms with E-state index in [2.05, 4.69) is 20.9 Å². The zero-order valence-electron chi connectivity index (χ0n) is 6.84. The van der Waals surface area contributed by atoms with Crippen molar-refractivity contribution >= 4 is 33.5 Å². The summed E-state index contributed by atoms with van der Waals surface area (Å²) in [7, 11) is 0. The summed E-state index contributed by atoms with van der Waals surface area (Å²) in [6.07, 6.45) is 0. The second kappa shape index (κ2) is 4.62. The predicted molar refractivity (Wildman–Crippen MR) is 50.1 cm³/mol. The van der Waals surface area contributed by atoms with E-state index in [9.17, 15) is 4.79 Å². The van der Waals surface area contributed by atoms with Crippen LogP contribution in [-0.4, -0.2) is 17.6 Å². The normalized spacial score (nSPS) is 10.1. The van der Waals surface area contributed by atoms with E-state index in [-0.39, 0.29) is 11.0 Å². The Hall–Kier alpha value is -0.550. The molecule has 0 aliphatic carbocycles. The molecule has 72 valence electrons. The third-order valence-corrected chi connectivity index (χ3v) is 1.93. The highest BCUT2D eigenvalue weighted by atomic mass is 79.9. The number of carbonyl (C=O) groups excluding carboxylic acids is 1. The molecule has 0 aliphatic heterocycles. The third kappa shape index (κ3) is 2.45. The Bertz CT molecular complexity index is 313. The van der Waals surface area contributed by atoms with E-state index in [1.165, 1.54) is 0 Å². The highest BCUT2D eigenvalue weighted by Gasteiger charge is 2.19. The van der Waals surface area contributed by atoms with E-state index in [1.807, 2.05) is 0 Å². The lowest BCUT2D eigenvalue weighted by atomic mass is 10.4. The van der Waals surface area contributed by atoms with E-state index < -0.39 is 5.97 Å². The Balaban J connectivity index is 2.91. The first-order valence-corrected chi connectivity index (χ1v) is 5.07. The quantitative estimate of drug-likeness (QED) is 0.624. The predicted octanol–water partition coefficient (Wildman–Crippen LogP) is 2.40. The fourth-order valence-corrected chi connectivity index (χ4v) is 1.33. The Labute approximate surface area is 88.4 Å². The SMILES string of the molecule is CCOC(=O)c1nc(Cl)oc1CBr. The Morgan fingerprint density at radius 1 is 1.77 bits per heavy atom. The van der Waals surface area contributed by atoms with Crippen LogP contribution in [0.25, 0.3) is 0 Å². The number of esters is 1. The molecule has 0 aliphatic rings. The van der Waals surface area contributed by atoms with Crippen molar-refractivity contribution in [3.63, 3.8) is 0 Å². The number of nitrogens with zero attached hydrogens (tertiary/aromatic N) is 1. The molecule has 0 radical (unpaired) electrons. The Kier molecular flexibility index (Phi) is 3.74. The van der Waals surface area contributed by atoms with Crippen LogP contribution in [0.1, 0.15) is 23.2 Å². The van der Waals surface area contributed by atoms with Gasteiger partial charge in [0.25, 0.3) is 5.35 Å². The van der Waals surface area contributed by atoms with Gasteiger partial charge in [-0.25, -0.2) is 4.79 Å². The van der Waals surface area contributed by atoms with Gasteiger partial charge in [0.05, 0.1) is 11.9 Å². The minimum absolute atomic E-state index is 0.0579. The van der Waals surface area contributed by atoms with Crippen molar-refractivity contribution in [2.75, 3.05) is 6.61 Å². The lowest BCUT2D eigenvalue weighted by Gasteiger charge is -1.97. The van der Waals surface area contributed by atoms with Gasteiger partial charge in [-0.3, -0.25) is 0 Å².